The van der Waals surface area contributed by atoms with Gasteiger partial charge in [0.1, 0.15) is 0 Å². The van der Waals surface area contributed by atoms with Crippen LogP contribution in [-0.2, 0) is 0 Å². The SMILES string of the molecule is Cc1ccccc1C(=O)NC1CCN(C(=O)c2cc(C)n(C(C)c3ccccc3)c2C)CC1. The minimum Gasteiger partial charge on any atom is -0.349 e. The van der Waals surface area contributed by atoms with E-state index in [1.165, 1.54) is 5.56 Å². The van der Waals surface area contributed by atoms with Crippen LogP contribution in [-0.4, -0.2) is 40.4 Å². The van der Waals surface area contributed by atoms with E-state index in [-0.39, 0.29) is 23.9 Å². The Morgan fingerprint density at radius 1 is 0.909 bits per heavy atom. The van der Waals surface area contributed by atoms with Crippen molar-refractivity contribution in [3.8, 4) is 0 Å². The predicted octanol–water partition coefficient (Wildman–Crippen LogP) is 5.06. The Balaban J connectivity index is 1.41. The van der Waals surface area contributed by atoms with Gasteiger partial charge in [-0.15, -0.1) is 0 Å². The topological polar surface area (TPSA) is 54.3 Å². The molecule has 0 bridgehead atoms. The highest BCUT2D eigenvalue weighted by Gasteiger charge is 2.28. The van der Waals surface area contributed by atoms with E-state index in [0.29, 0.717) is 13.1 Å². The van der Waals surface area contributed by atoms with Crippen LogP contribution >= 0.6 is 0 Å². The normalized spacial score (nSPS) is 15.3. The molecule has 0 radical (unpaired) electrons. The number of hydrogen-bond donors (Lipinski definition) is 1. The molecule has 0 aliphatic carbocycles. The number of carbonyl (C=O) groups excluding carboxylic acids is 2. The van der Waals surface area contributed by atoms with Crippen LogP contribution in [0, 0.1) is 20.8 Å². The molecule has 2 amide bonds. The zero-order valence-electron chi connectivity index (χ0n) is 20.0. The van der Waals surface area contributed by atoms with Crippen molar-refractivity contribution in [2.75, 3.05) is 13.1 Å². The van der Waals surface area contributed by atoms with E-state index >= 15 is 0 Å². The number of amides is 2. The van der Waals surface area contributed by atoms with Crippen LogP contribution in [0.4, 0.5) is 0 Å². The molecule has 1 unspecified atom stereocenters. The standard InChI is InChI=1S/C28H33N3O2/c1-19-10-8-9-13-25(19)27(32)29-24-14-16-30(17-15-24)28(33)26-18-20(2)31(22(26)4)21(3)23-11-6-5-7-12-23/h5-13,18,21,24H,14-17H2,1-4H3,(H,29,32). The fourth-order valence-corrected chi connectivity index (χ4v) is 4.96. The van der Waals surface area contributed by atoms with Gasteiger partial charge in [-0.2, -0.15) is 0 Å². The molecule has 1 aliphatic heterocycles. The predicted molar refractivity (Wildman–Crippen MR) is 132 cm³/mol. The number of benzene rings is 2. The molecule has 1 atom stereocenters. The average Bonchev–Trinajstić information content (AvgIpc) is 3.13. The summed E-state index contributed by atoms with van der Waals surface area (Å²) in [5.74, 6) is 0.0506. The van der Waals surface area contributed by atoms with Gasteiger partial charge in [0.2, 0.25) is 0 Å². The van der Waals surface area contributed by atoms with Crippen molar-refractivity contribution in [2.24, 2.45) is 0 Å². The number of carbonyl (C=O) groups is 2. The van der Waals surface area contributed by atoms with E-state index in [2.05, 4.69) is 35.9 Å². The van der Waals surface area contributed by atoms with Crippen molar-refractivity contribution in [1.29, 1.82) is 0 Å². The van der Waals surface area contributed by atoms with Gasteiger partial charge in [-0.05, 0) is 63.8 Å². The number of nitrogens with one attached hydrogen (secondary N) is 1. The second-order valence-corrected chi connectivity index (χ2v) is 9.10. The molecule has 0 spiro atoms. The second-order valence-electron chi connectivity index (χ2n) is 9.10. The van der Waals surface area contributed by atoms with Crippen molar-refractivity contribution in [1.82, 2.24) is 14.8 Å². The monoisotopic (exact) mass is 443 g/mol. The van der Waals surface area contributed by atoms with Gasteiger partial charge in [0.15, 0.2) is 0 Å². The summed E-state index contributed by atoms with van der Waals surface area (Å²) in [6, 6.07) is 20.3. The number of aromatic nitrogens is 1. The number of nitrogens with zero attached hydrogens (tertiary/aromatic N) is 2. The van der Waals surface area contributed by atoms with Crippen LogP contribution in [0.25, 0.3) is 0 Å². The van der Waals surface area contributed by atoms with Crippen molar-refractivity contribution >= 4 is 11.8 Å². The number of likely N-dealkylation sites (tertiary alicyclic amines) is 1. The maximum atomic E-state index is 13.4. The first-order chi connectivity index (χ1) is 15.9. The van der Waals surface area contributed by atoms with E-state index in [1.54, 1.807) is 0 Å². The first-order valence-electron chi connectivity index (χ1n) is 11.8. The fraction of sp³-hybridized carbons (Fsp3) is 0.357. The Bertz CT molecular complexity index is 1140. The van der Waals surface area contributed by atoms with Gasteiger partial charge in [-0.1, -0.05) is 48.5 Å². The maximum Gasteiger partial charge on any atom is 0.255 e. The van der Waals surface area contributed by atoms with Crippen LogP contribution in [0.1, 0.15) is 69.0 Å². The van der Waals surface area contributed by atoms with Crippen LogP contribution < -0.4 is 5.32 Å². The highest BCUT2D eigenvalue weighted by atomic mass is 16.2. The first-order valence-corrected chi connectivity index (χ1v) is 11.8. The van der Waals surface area contributed by atoms with Crippen molar-refractivity contribution in [3.63, 3.8) is 0 Å². The minimum atomic E-state index is -0.0312. The zero-order chi connectivity index (χ0) is 23.5. The molecule has 3 aromatic rings. The number of hydrogen-bond acceptors (Lipinski definition) is 2. The van der Waals surface area contributed by atoms with Crippen molar-refractivity contribution in [2.45, 2.75) is 52.6 Å². The highest BCUT2D eigenvalue weighted by Crippen LogP contribution is 2.27. The third-order valence-corrected chi connectivity index (χ3v) is 6.89. The zero-order valence-corrected chi connectivity index (χ0v) is 20.0. The third kappa shape index (κ3) is 4.72. The van der Waals surface area contributed by atoms with Crippen LogP contribution in [0.2, 0.25) is 0 Å². The molecule has 2 aromatic carbocycles. The molecule has 1 aromatic heterocycles. The summed E-state index contributed by atoms with van der Waals surface area (Å²) < 4.78 is 2.25. The summed E-state index contributed by atoms with van der Waals surface area (Å²) in [6.07, 6.45) is 1.53. The summed E-state index contributed by atoms with van der Waals surface area (Å²) in [5.41, 5.74) is 5.79. The number of aryl methyl sites for hydroxylation is 2. The van der Waals surface area contributed by atoms with Crippen LogP contribution in [0.5, 0.6) is 0 Å². The Labute approximate surface area is 196 Å². The van der Waals surface area contributed by atoms with E-state index in [0.717, 1.165) is 40.9 Å². The molecule has 5 heteroatoms. The van der Waals surface area contributed by atoms with E-state index in [9.17, 15) is 9.59 Å². The minimum absolute atomic E-state index is 0.0312. The summed E-state index contributed by atoms with van der Waals surface area (Å²) in [7, 11) is 0. The van der Waals surface area contributed by atoms with Gasteiger partial charge in [0.05, 0.1) is 11.6 Å². The molecule has 0 saturated carbocycles. The van der Waals surface area contributed by atoms with Gasteiger partial charge in [-0.3, -0.25) is 9.59 Å². The highest BCUT2D eigenvalue weighted by molar-refractivity contribution is 5.96. The van der Waals surface area contributed by atoms with Gasteiger partial charge in [0.25, 0.3) is 11.8 Å². The molecule has 1 N–H and O–H groups in total. The Morgan fingerprint density at radius 2 is 1.55 bits per heavy atom. The third-order valence-electron chi connectivity index (χ3n) is 6.89. The molecule has 5 nitrogen and oxygen atoms in total. The summed E-state index contributed by atoms with van der Waals surface area (Å²) in [4.78, 5) is 27.9. The lowest BCUT2D eigenvalue weighted by Crippen LogP contribution is -2.46. The smallest absolute Gasteiger partial charge is 0.255 e. The van der Waals surface area contributed by atoms with E-state index in [1.807, 2.05) is 67.3 Å². The van der Waals surface area contributed by atoms with E-state index in [4.69, 9.17) is 0 Å². The molecule has 1 saturated heterocycles. The fourth-order valence-electron chi connectivity index (χ4n) is 4.96. The second kappa shape index (κ2) is 9.65. The number of piperidine rings is 1. The molecule has 1 aliphatic rings. The maximum absolute atomic E-state index is 13.4. The summed E-state index contributed by atoms with van der Waals surface area (Å²) in [5, 5.41) is 3.15. The average molecular weight is 444 g/mol. The Kier molecular flexibility index (Phi) is 6.68. The first kappa shape index (κ1) is 22.8. The quantitative estimate of drug-likeness (QED) is 0.599. The van der Waals surface area contributed by atoms with E-state index < -0.39 is 0 Å². The Morgan fingerprint density at radius 3 is 2.21 bits per heavy atom. The molecule has 1 fully saturated rings. The molecule has 4 rings (SSSR count). The van der Waals surface area contributed by atoms with Crippen molar-refractivity contribution in [3.05, 3.63) is 94.3 Å². The van der Waals surface area contributed by atoms with Gasteiger partial charge >= 0.3 is 0 Å². The van der Waals surface area contributed by atoms with Gasteiger partial charge in [-0.25, -0.2) is 0 Å². The molecule has 2 heterocycles. The Hall–Kier alpha value is -3.34. The lowest BCUT2D eigenvalue weighted by Gasteiger charge is -2.32. The van der Waals surface area contributed by atoms with Crippen LogP contribution in [0.15, 0.2) is 60.7 Å². The molecular formula is C28H33N3O2. The molecule has 33 heavy (non-hydrogen) atoms. The lowest BCUT2D eigenvalue weighted by atomic mass is 10.0. The summed E-state index contributed by atoms with van der Waals surface area (Å²) >= 11 is 0. The van der Waals surface area contributed by atoms with Crippen molar-refractivity contribution < 1.29 is 9.59 Å². The summed E-state index contributed by atoms with van der Waals surface area (Å²) in [6.45, 7) is 9.52. The lowest BCUT2D eigenvalue weighted by molar-refractivity contribution is 0.0697. The van der Waals surface area contributed by atoms with Crippen LogP contribution in [0.3, 0.4) is 0 Å². The number of rotatable bonds is 5. The van der Waals surface area contributed by atoms with Gasteiger partial charge < -0.3 is 14.8 Å². The molecule has 172 valence electrons. The van der Waals surface area contributed by atoms with Gasteiger partial charge in [0, 0.05) is 36.1 Å². The largest absolute Gasteiger partial charge is 0.349 e. The molecular weight excluding hydrogens is 410 g/mol.